The van der Waals surface area contributed by atoms with Crippen molar-refractivity contribution < 1.29 is 4.79 Å². The lowest BCUT2D eigenvalue weighted by Crippen LogP contribution is -2.39. The highest BCUT2D eigenvalue weighted by molar-refractivity contribution is 5.83. The third-order valence-electron chi connectivity index (χ3n) is 1.76. The molecule has 0 aromatic rings. The zero-order valence-corrected chi connectivity index (χ0v) is 6.97. The summed E-state index contributed by atoms with van der Waals surface area (Å²) in [7, 11) is 0. The SMILES string of the molecule is CC[CH]C(=O)NN1CCCC1. The number of amides is 1. The summed E-state index contributed by atoms with van der Waals surface area (Å²) >= 11 is 0. The molecule has 1 saturated heterocycles. The first kappa shape index (κ1) is 8.53. The van der Waals surface area contributed by atoms with Crippen LogP contribution >= 0.6 is 0 Å². The summed E-state index contributed by atoms with van der Waals surface area (Å²) in [6.07, 6.45) is 4.87. The zero-order valence-electron chi connectivity index (χ0n) is 6.97. The maximum atomic E-state index is 11.0. The second-order valence-corrected chi connectivity index (χ2v) is 2.78. The van der Waals surface area contributed by atoms with E-state index >= 15 is 0 Å². The fraction of sp³-hybridized carbons (Fsp3) is 0.750. The van der Waals surface area contributed by atoms with Crippen LogP contribution in [0.1, 0.15) is 26.2 Å². The fourth-order valence-corrected chi connectivity index (χ4v) is 1.22. The Morgan fingerprint density at radius 1 is 1.55 bits per heavy atom. The molecule has 3 nitrogen and oxygen atoms in total. The molecule has 1 aliphatic heterocycles. The van der Waals surface area contributed by atoms with Gasteiger partial charge in [0.05, 0.1) is 6.42 Å². The van der Waals surface area contributed by atoms with Crippen LogP contribution in [0.4, 0.5) is 0 Å². The smallest absolute Gasteiger partial charge is 0.238 e. The number of carbonyl (C=O) groups excluding carboxylic acids is 1. The summed E-state index contributed by atoms with van der Waals surface area (Å²) in [5.41, 5.74) is 2.82. The Kier molecular flexibility index (Phi) is 3.36. The van der Waals surface area contributed by atoms with E-state index in [1.54, 1.807) is 6.42 Å². The molecule has 63 valence electrons. The van der Waals surface area contributed by atoms with E-state index in [1.807, 2.05) is 11.9 Å². The summed E-state index contributed by atoms with van der Waals surface area (Å²) in [6, 6.07) is 0. The molecule has 1 rings (SSSR count). The van der Waals surface area contributed by atoms with Crippen LogP contribution in [0.3, 0.4) is 0 Å². The van der Waals surface area contributed by atoms with Gasteiger partial charge < -0.3 is 0 Å². The highest BCUT2D eigenvalue weighted by Crippen LogP contribution is 2.03. The molecule has 1 amide bonds. The summed E-state index contributed by atoms with van der Waals surface area (Å²) < 4.78 is 0. The first-order chi connectivity index (χ1) is 5.33. The number of hydrazine groups is 1. The van der Waals surface area contributed by atoms with Gasteiger partial charge in [-0.2, -0.15) is 0 Å². The molecule has 0 aromatic carbocycles. The maximum absolute atomic E-state index is 11.0. The standard InChI is InChI=1S/C8H15N2O/c1-2-5-8(11)9-10-6-3-4-7-10/h5H,2-4,6-7H2,1H3,(H,9,11). The Morgan fingerprint density at radius 3 is 2.73 bits per heavy atom. The molecule has 0 aromatic heterocycles. The normalized spacial score (nSPS) is 18.6. The first-order valence-corrected chi connectivity index (χ1v) is 4.21. The summed E-state index contributed by atoms with van der Waals surface area (Å²) in [5, 5.41) is 1.98. The predicted molar refractivity (Wildman–Crippen MR) is 43.5 cm³/mol. The largest absolute Gasteiger partial charge is 0.289 e. The lowest BCUT2D eigenvalue weighted by atomic mass is 10.3. The Morgan fingerprint density at radius 2 is 2.18 bits per heavy atom. The molecule has 1 radical (unpaired) electrons. The molecule has 1 heterocycles. The average molecular weight is 155 g/mol. The van der Waals surface area contributed by atoms with Crippen molar-refractivity contribution in [1.82, 2.24) is 10.4 Å². The van der Waals surface area contributed by atoms with Gasteiger partial charge in [0.1, 0.15) is 0 Å². The lowest BCUT2D eigenvalue weighted by molar-refractivity contribution is -0.122. The van der Waals surface area contributed by atoms with E-state index < -0.39 is 0 Å². The molecule has 1 N–H and O–H groups in total. The van der Waals surface area contributed by atoms with E-state index in [1.165, 1.54) is 12.8 Å². The van der Waals surface area contributed by atoms with Gasteiger partial charge in [0, 0.05) is 13.1 Å². The highest BCUT2D eigenvalue weighted by Gasteiger charge is 2.12. The van der Waals surface area contributed by atoms with Crippen LogP contribution in [0.15, 0.2) is 0 Å². The molecule has 0 bridgehead atoms. The van der Waals surface area contributed by atoms with Gasteiger partial charge in [-0.3, -0.25) is 10.2 Å². The van der Waals surface area contributed by atoms with Crippen molar-refractivity contribution in [3.8, 4) is 0 Å². The Bertz CT molecular complexity index is 130. The third-order valence-corrected chi connectivity index (χ3v) is 1.76. The molecule has 1 fully saturated rings. The van der Waals surface area contributed by atoms with Gasteiger partial charge in [-0.25, -0.2) is 5.01 Å². The molecular formula is C8H15N2O. The molecule has 0 spiro atoms. The Balaban J connectivity index is 2.13. The number of hydrogen-bond donors (Lipinski definition) is 1. The number of carbonyl (C=O) groups is 1. The molecule has 0 atom stereocenters. The number of hydrogen-bond acceptors (Lipinski definition) is 2. The minimum atomic E-state index is 0.0365. The van der Waals surface area contributed by atoms with Crippen molar-refractivity contribution in [3.63, 3.8) is 0 Å². The van der Waals surface area contributed by atoms with Crippen LogP contribution in [0.5, 0.6) is 0 Å². The van der Waals surface area contributed by atoms with Crippen molar-refractivity contribution in [2.75, 3.05) is 13.1 Å². The van der Waals surface area contributed by atoms with Crippen LogP contribution < -0.4 is 5.43 Å². The van der Waals surface area contributed by atoms with Gasteiger partial charge in [0.25, 0.3) is 0 Å². The van der Waals surface area contributed by atoms with E-state index in [9.17, 15) is 4.79 Å². The molecule has 0 saturated carbocycles. The maximum Gasteiger partial charge on any atom is 0.238 e. The molecule has 0 aliphatic carbocycles. The van der Waals surface area contributed by atoms with E-state index in [2.05, 4.69) is 5.43 Å². The van der Waals surface area contributed by atoms with Crippen molar-refractivity contribution in [1.29, 1.82) is 0 Å². The molecule has 0 unspecified atom stereocenters. The van der Waals surface area contributed by atoms with Gasteiger partial charge in [-0.1, -0.05) is 6.92 Å². The Hall–Kier alpha value is -0.570. The highest BCUT2D eigenvalue weighted by atomic mass is 16.2. The minimum Gasteiger partial charge on any atom is -0.289 e. The number of nitrogens with one attached hydrogen (secondary N) is 1. The summed E-state index contributed by atoms with van der Waals surface area (Å²) in [4.78, 5) is 11.0. The van der Waals surface area contributed by atoms with E-state index in [-0.39, 0.29) is 5.91 Å². The van der Waals surface area contributed by atoms with Crippen LogP contribution in [-0.2, 0) is 4.79 Å². The van der Waals surface area contributed by atoms with Crippen LogP contribution in [0.2, 0.25) is 0 Å². The summed E-state index contributed by atoms with van der Waals surface area (Å²) in [5.74, 6) is 0.0365. The molecule has 11 heavy (non-hydrogen) atoms. The van der Waals surface area contributed by atoms with Crippen molar-refractivity contribution >= 4 is 5.91 Å². The number of nitrogens with zero attached hydrogens (tertiary/aromatic N) is 1. The van der Waals surface area contributed by atoms with Gasteiger partial charge in [-0.05, 0) is 19.3 Å². The second kappa shape index (κ2) is 4.34. The van der Waals surface area contributed by atoms with Crippen molar-refractivity contribution in [2.24, 2.45) is 0 Å². The zero-order chi connectivity index (χ0) is 8.10. The predicted octanol–water partition coefficient (Wildman–Crippen LogP) is 0.728. The van der Waals surface area contributed by atoms with E-state index in [0.29, 0.717) is 0 Å². The van der Waals surface area contributed by atoms with Crippen molar-refractivity contribution in [3.05, 3.63) is 6.42 Å². The van der Waals surface area contributed by atoms with E-state index in [0.717, 1.165) is 19.5 Å². The average Bonchev–Trinajstić information content (AvgIpc) is 2.40. The molecular weight excluding hydrogens is 140 g/mol. The minimum absolute atomic E-state index is 0.0365. The molecule has 3 heteroatoms. The van der Waals surface area contributed by atoms with Crippen LogP contribution in [0.25, 0.3) is 0 Å². The quantitative estimate of drug-likeness (QED) is 0.651. The van der Waals surface area contributed by atoms with E-state index in [4.69, 9.17) is 0 Å². The lowest BCUT2D eigenvalue weighted by Gasteiger charge is -2.15. The fourth-order valence-electron chi connectivity index (χ4n) is 1.22. The molecule has 1 aliphatic rings. The monoisotopic (exact) mass is 155 g/mol. The number of rotatable bonds is 3. The first-order valence-electron chi connectivity index (χ1n) is 4.21. The topological polar surface area (TPSA) is 32.3 Å². The van der Waals surface area contributed by atoms with Gasteiger partial charge >= 0.3 is 0 Å². The summed E-state index contributed by atoms with van der Waals surface area (Å²) in [6.45, 7) is 3.97. The van der Waals surface area contributed by atoms with Gasteiger partial charge in [-0.15, -0.1) is 0 Å². The van der Waals surface area contributed by atoms with Gasteiger partial charge in [0.15, 0.2) is 0 Å². The van der Waals surface area contributed by atoms with Crippen LogP contribution in [0, 0.1) is 6.42 Å². The Labute approximate surface area is 67.7 Å². The third kappa shape index (κ3) is 2.89. The van der Waals surface area contributed by atoms with Gasteiger partial charge in [0.2, 0.25) is 5.91 Å². The van der Waals surface area contributed by atoms with Crippen molar-refractivity contribution in [2.45, 2.75) is 26.2 Å². The second-order valence-electron chi connectivity index (χ2n) is 2.78. The van der Waals surface area contributed by atoms with Crippen LogP contribution in [-0.4, -0.2) is 24.0 Å².